The van der Waals surface area contributed by atoms with Crippen molar-refractivity contribution in [1.82, 2.24) is 5.43 Å². The van der Waals surface area contributed by atoms with E-state index >= 15 is 0 Å². The van der Waals surface area contributed by atoms with E-state index in [1.165, 1.54) is 18.7 Å². The van der Waals surface area contributed by atoms with E-state index in [1.54, 1.807) is 12.1 Å². The lowest BCUT2D eigenvalue weighted by atomic mass is 10.1. The molecule has 0 radical (unpaired) electrons. The Morgan fingerprint density at radius 1 is 1.24 bits per heavy atom. The number of hydrogen-bond donors (Lipinski definition) is 1. The van der Waals surface area contributed by atoms with Crippen LogP contribution in [-0.4, -0.2) is 18.7 Å². The van der Waals surface area contributed by atoms with Crippen LogP contribution in [0.15, 0.2) is 41.5 Å². The first-order valence-electron chi connectivity index (χ1n) is 7.94. The highest BCUT2D eigenvalue weighted by atomic mass is 35.5. The summed E-state index contributed by atoms with van der Waals surface area (Å²) in [4.78, 5) is 10.9. The molecular weight excluding hydrogens is 340 g/mol. The van der Waals surface area contributed by atoms with E-state index in [2.05, 4.69) is 10.5 Å². The van der Waals surface area contributed by atoms with Crippen molar-refractivity contribution in [3.63, 3.8) is 0 Å². The SMILES string of the molecule is CCOc1cc(/C=N\NC(C)=O)cc(Cl)c1OCc1ccc(C)cc1. The van der Waals surface area contributed by atoms with Crippen molar-refractivity contribution in [3.05, 3.63) is 58.1 Å². The van der Waals surface area contributed by atoms with Crippen LogP contribution in [0.4, 0.5) is 0 Å². The third kappa shape index (κ3) is 5.80. The van der Waals surface area contributed by atoms with Crippen LogP contribution < -0.4 is 14.9 Å². The van der Waals surface area contributed by atoms with Crippen LogP contribution in [0.5, 0.6) is 11.5 Å². The number of halogens is 1. The van der Waals surface area contributed by atoms with Gasteiger partial charge in [-0.1, -0.05) is 41.4 Å². The van der Waals surface area contributed by atoms with Gasteiger partial charge in [0.15, 0.2) is 11.5 Å². The summed E-state index contributed by atoms with van der Waals surface area (Å²) in [6.07, 6.45) is 1.50. The van der Waals surface area contributed by atoms with Gasteiger partial charge in [0.1, 0.15) is 6.61 Å². The third-order valence-electron chi connectivity index (χ3n) is 3.27. The minimum absolute atomic E-state index is 0.245. The highest BCUT2D eigenvalue weighted by molar-refractivity contribution is 6.32. The lowest BCUT2D eigenvalue weighted by Crippen LogP contribution is -2.12. The molecule has 0 spiro atoms. The van der Waals surface area contributed by atoms with Gasteiger partial charge in [-0.3, -0.25) is 4.79 Å². The predicted molar refractivity (Wildman–Crippen MR) is 99.5 cm³/mol. The molecule has 2 rings (SSSR count). The molecule has 0 aliphatic heterocycles. The topological polar surface area (TPSA) is 59.9 Å². The van der Waals surface area contributed by atoms with Gasteiger partial charge in [0.2, 0.25) is 5.91 Å². The number of nitrogens with one attached hydrogen (secondary N) is 1. The Hall–Kier alpha value is -2.53. The number of nitrogens with zero attached hydrogens (tertiary/aromatic N) is 1. The first-order valence-corrected chi connectivity index (χ1v) is 8.31. The zero-order valence-corrected chi connectivity index (χ0v) is 15.3. The van der Waals surface area contributed by atoms with Crippen molar-refractivity contribution in [2.75, 3.05) is 6.61 Å². The van der Waals surface area contributed by atoms with Gasteiger partial charge in [0.05, 0.1) is 17.8 Å². The van der Waals surface area contributed by atoms with Crippen LogP contribution in [0.2, 0.25) is 5.02 Å². The van der Waals surface area contributed by atoms with Gasteiger partial charge in [-0.25, -0.2) is 5.43 Å². The third-order valence-corrected chi connectivity index (χ3v) is 3.55. The monoisotopic (exact) mass is 360 g/mol. The van der Waals surface area contributed by atoms with Gasteiger partial charge in [-0.15, -0.1) is 0 Å². The maximum atomic E-state index is 10.9. The maximum absolute atomic E-state index is 10.9. The summed E-state index contributed by atoms with van der Waals surface area (Å²) in [7, 11) is 0. The summed E-state index contributed by atoms with van der Waals surface area (Å²) in [6, 6.07) is 11.6. The molecule has 0 bridgehead atoms. The van der Waals surface area contributed by atoms with E-state index in [0.29, 0.717) is 35.3 Å². The van der Waals surface area contributed by atoms with Gasteiger partial charge in [0.25, 0.3) is 0 Å². The van der Waals surface area contributed by atoms with E-state index < -0.39 is 0 Å². The molecule has 0 saturated carbocycles. The number of rotatable bonds is 7. The quantitative estimate of drug-likeness (QED) is 0.597. The normalized spacial score (nSPS) is 10.7. The molecule has 0 aliphatic carbocycles. The highest BCUT2D eigenvalue weighted by Gasteiger charge is 2.12. The summed E-state index contributed by atoms with van der Waals surface area (Å²) in [5.74, 6) is 0.776. The first kappa shape index (κ1) is 18.8. The molecule has 0 heterocycles. The van der Waals surface area contributed by atoms with Crippen LogP contribution in [0.1, 0.15) is 30.5 Å². The molecule has 2 aromatic carbocycles. The number of carbonyl (C=O) groups excluding carboxylic acids is 1. The largest absolute Gasteiger partial charge is 0.490 e. The Bertz CT molecular complexity index is 758. The smallest absolute Gasteiger partial charge is 0.236 e. The van der Waals surface area contributed by atoms with E-state index in [4.69, 9.17) is 21.1 Å². The molecule has 0 unspecified atom stereocenters. The van der Waals surface area contributed by atoms with Crippen molar-refractivity contribution in [1.29, 1.82) is 0 Å². The molecule has 0 saturated heterocycles. The molecule has 0 aliphatic rings. The number of aryl methyl sites for hydroxylation is 1. The zero-order chi connectivity index (χ0) is 18.2. The second-order valence-electron chi connectivity index (χ2n) is 5.46. The van der Waals surface area contributed by atoms with Crippen molar-refractivity contribution in [2.45, 2.75) is 27.4 Å². The van der Waals surface area contributed by atoms with Crippen molar-refractivity contribution in [2.24, 2.45) is 5.10 Å². The molecule has 0 fully saturated rings. The molecule has 2 aromatic rings. The summed E-state index contributed by atoms with van der Waals surface area (Å²) in [5.41, 5.74) is 5.28. The fourth-order valence-corrected chi connectivity index (χ4v) is 2.38. The average Bonchev–Trinajstić information content (AvgIpc) is 2.55. The number of hydrogen-bond acceptors (Lipinski definition) is 4. The molecule has 1 amide bonds. The summed E-state index contributed by atoms with van der Waals surface area (Å²) in [5, 5.41) is 4.25. The Balaban J connectivity index is 2.19. The van der Waals surface area contributed by atoms with Gasteiger partial charge < -0.3 is 9.47 Å². The summed E-state index contributed by atoms with van der Waals surface area (Å²) in [6.45, 7) is 6.17. The number of benzene rings is 2. The van der Waals surface area contributed by atoms with Crippen molar-refractivity contribution < 1.29 is 14.3 Å². The molecule has 132 valence electrons. The lowest BCUT2D eigenvalue weighted by Gasteiger charge is -2.14. The zero-order valence-electron chi connectivity index (χ0n) is 14.5. The molecule has 5 nitrogen and oxygen atoms in total. The minimum Gasteiger partial charge on any atom is -0.490 e. The standard InChI is InChI=1S/C19H21ClN2O3/c1-4-24-18-10-16(11-21-22-14(3)23)9-17(20)19(18)25-12-15-7-5-13(2)6-8-15/h5-11H,4,12H2,1-3H3,(H,22,23)/b21-11-. The molecule has 0 aromatic heterocycles. The van der Waals surface area contributed by atoms with Crippen LogP contribution in [0.3, 0.4) is 0 Å². The van der Waals surface area contributed by atoms with Crippen LogP contribution in [0.25, 0.3) is 0 Å². The summed E-state index contributed by atoms with van der Waals surface area (Å²) >= 11 is 6.35. The molecule has 6 heteroatoms. The van der Waals surface area contributed by atoms with Crippen molar-refractivity contribution >= 4 is 23.7 Å². The van der Waals surface area contributed by atoms with E-state index in [-0.39, 0.29) is 5.91 Å². The number of ether oxygens (including phenoxy) is 2. The van der Waals surface area contributed by atoms with Gasteiger partial charge in [0, 0.05) is 6.92 Å². The van der Waals surface area contributed by atoms with Gasteiger partial charge in [-0.05, 0) is 37.1 Å². The van der Waals surface area contributed by atoms with Crippen LogP contribution in [-0.2, 0) is 11.4 Å². The van der Waals surface area contributed by atoms with Crippen molar-refractivity contribution in [3.8, 4) is 11.5 Å². The van der Waals surface area contributed by atoms with E-state index in [9.17, 15) is 4.79 Å². The fourth-order valence-electron chi connectivity index (χ4n) is 2.10. The second-order valence-corrected chi connectivity index (χ2v) is 5.87. The number of hydrazone groups is 1. The molecule has 25 heavy (non-hydrogen) atoms. The maximum Gasteiger partial charge on any atom is 0.236 e. The predicted octanol–water partition coefficient (Wildman–Crippen LogP) is 4.10. The molecular formula is C19H21ClN2O3. The summed E-state index contributed by atoms with van der Waals surface area (Å²) < 4.78 is 11.5. The van der Waals surface area contributed by atoms with E-state index in [0.717, 1.165) is 5.56 Å². The number of amides is 1. The average molecular weight is 361 g/mol. The fraction of sp³-hybridized carbons (Fsp3) is 0.263. The molecule has 0 atom stereocenters. The van der Waals surface area contributed by atoms with Gasteiger partial charge >= 0.3 is 0 Å². The molecule has 1 N–H and O–H groups in total. The number of carbonyl (C=O) groups is 1. The van der Waals surface area contributed by atoms with E-state index in [1.807, 2.05) is 38.1 Å². The second kappa shape index (κ2) is 9.08. The highest BCUT2D eigenvalue weighted by Crippen LogP contribution is 2.36. The Morgan fingerprint density at radius 2 is 1.96 bits per heavy atom. The van der Waals surface area contributed by atoms with Gasteiger partial charge in [-0.2, -0.15) is 5.10 Å². The minimum atomic E-state index is -0.245. The lowest BCUT2D eigenvalue weighted by molar-refractivity contribution is -0.118. The Labute approximate surface area is 152 Å². The Morgan fingerprint density at radius 3 is 2.60 bits per heavy atom. The Kier molecular flexibility index (Phi) is 6.83. The van der Waals surface area contributed by atoms with Crippen LogP contribution >= 0.6 is 11.6 Å². The first-order chi connectivity index (χ1) is 12.0. The van der Waals surface area contributed by atoms with Crippen LogP contribution in [0, 0.1) is 6.92 Å².